The number of halogens is 3. The van der Waals surface area contributed by atoms with Crippen molar-refractivity contribution in [2.75, 3.05) is 25.0 Å². The van der Waals surface area contributed by atoms with Gasteiger partial charge in [-0.1, -0.05) is 6.07 Å². The van der Waals surface area contributed by atoms with Crippen LogP contribution in [-0.2, 0) is 4.79 Å². The Morgan fingerprint density at radius 2 is 2.00 bits per heavy atom. The molecule has 1 fully saturated rings. The number of nitrogens with one attached hydrogen (secondary N) is 2. The number of hydrogen-bond donors (Lipinski definition) is 3. The van der Waals surface area contributed by atoms with Crippen LogP contribution in [-0.4, -0.2) is 53.7 Å². The summed E-state index contributed by atoms with van der Waals surface area (Å²) in [6.07, 6.45) is -3.47. The molecule has 0 bridgehead atoms. The highest BCUT2D eigenvalue weighted by molar-refractivity contribution is 5.97. The second kappa shape index (κ2) is 8.28. The van der Waals surface area contributed by atoms with E-state index in [1.807, 2.05) is 0 Å². The highest BCUT2D eigenvalue weighted by Gasteiger charge is 2.29. The Labute approximate surface area is 153 Å². The number of carboxylic acids is 1. The maximum Gasteiger partial charge on any atom is 0.405 e. The molecular weight excluding hydrogens is 367 g/mol. The fourth-order valence-corrected chi connectivity index (χ4v) is 2.74. The van der Waals surface area contributed by atoms with Crippen molar-refractivity contribution in [1.82, 2.24) is 10.2 Å². The van der Waals surface area contributed by atoms with E-state index in [0.717, 1.165) is 0 Å². The van der Waals surface area contributed by atoms with Gasteiger partial charge in [0.05, 0.1) is 5.92 Å². The number of aryl methyl sites for hydroxylation is 1. The fraction of sp³-hybridized carbons (Fsp3) is 0.471. The SMILES string of the molecule is Cc1ccc(C(=O)NCC(F)(F)F)cc1NC(=O)N1CCCC(C(=O)O)C1. The molecule has 2 rings (SSSR count). The third kappa shape index (κ3) is 5.87. The number of piperidine rings is 1. The number of amides is 3. The second-order valence-corrected chi connectivity index (χ2v) is 6.38. The van der Waals surface area contributed by atoms with Crippen molar-refractivity contribution in [2.45, 2.75) is 25.9 Å². The zero-order valence-corrected chi connectivity index (χ0v) is 14.6. The van der Waals surface area contributed by atoms with Gasteiger partial charge in [-0.05, 0) is 37.5 Å². The molecule has 0 aliphatic carbocycles. The number of carboxylic acid groups (broad SMARTS) is 1. The Hall–Kier alpha value is -2.78. The molecule has 1 aliphatic heterocycles. The lowest BCUT2D eigenvalue weighted by Gasteiger charge is -2.31. The number of aliphatic carboxylic acids is 1. The van der Waals surface area contributed by atoms with Crippen LogP contribution in [0.15, 0.2) is 18.2 Å². The van der Waals surface area contributed by atoms with Gasteiger partial charge in [0, 0.05) is 24.3 Å². The molecule has 0 spiro atoms. The summed E-state index contributed by atoms with van der Waals surface area (Å²) >= 11 is 0. The van der Waals surface area contributed by atoms with Crippen molar-refractivity contribution >= 4 is 23.6 Å². The Balaban J connectivity index is 2.06. The van der Waals surface area contributed by atoms with Crippen LogP contribution in [0.2, 0.25) is 0 Å². The zero-order valence-electron chi connectivity index (χ0n) is 14.6. The third-order valence-electron chi connectivity index (χ3n) is 4.25. The molecule has 27 heavy (non-hydrogen) atoms. The standard InChI is InChI=1S/C17H20F3N3O4/c1-10-4-5-11(14(24)21-9-17(18,19)20)7-13(10)22-16(27)23-6-2-3-12(8-23)15(25)26/h4-5,7,12H,2-3,6,8-9H2,1H3,(H,21,24)(H,22,27)(H,25,26). The molecule has 1 unspecified atom stereocenters. The van der Waals surface area contributed by atoms with Crippen molar-refractivity contribution in [1.29, 1.82) is 0 Å². The number of urea groups is 1. The molecule has 10 heteroatoms. The summed E-state index contributed by atoms with van der Waals surface area (Å²) in [4.78, 5) is 36.7. The highest BCUT2D eigenvalue weighted by atomic mass is 19.4. The lowest BCUT2D eigenvalue weighted by molar-refractivity contribution is -0.143. The molecule has 1 saturated heterocycles. The Morgan fingerprint density at radius 1 is 1.30 bits per heavy atom. The van der Waals surface area contributed by atoms with Crippen LogP contribution in [0.3, 0.4) is 0 Å². The molecule has 1 atom stereocenters. The first-order chi connectivity index (χ1) is 12.6. The summed E-state index contributed by atoms with van der Waals surface area (Å²) in [5.41, 5.74) is 0.863. The number of anilines is 1. The van der Waals surface area contributed by atoms with Gasteiger partial charge in [-0.2, -0.15) is 13.2 Å². The topological polar surface area (TPSA) is 98.7 Å². The van der Waals surface area contributed by atoms with Gasteiger partial charge in [-0.3, -0.25) is 9.59 Å². The number of benzene rings is 1. The molecule has 0 saturated carbocycles. The van der Waals surface area contributed by atoms with Crippen LogP contribution >= 0.6 is 0 Å². The van der Waals surface area contributed by atoms with Gasteiger partial charge in [-0.25, -0.2) is 4.79 Å². The van der Waals surface area contributed by atoms with E-state index in [1.165, 1.54) is 23.1 Å². The van der Waals surface area contributed by atoms with Gasteiger partial charge in [0.25, 0.3) is 5.91 Å². The van der Waals surface area contributed by atoms with E-state index in [9.17, 15) is 27.6 Å². The number of carbonyl (C=O) groups excluding carboxylic acids is 2. The highest BCUT2D eigenvalue weighted by Crippen LogP contribution is 2.21. The summed E-state index contributed by atoms with van der Waals surface area (Å²) in [7, 11) is 0. The minimum Gasteiger partial charge on any atom is -0.481 e. The van der Waals surface area contributed by atoms with E-state index >= 15 is 0 Å². The van der Waals surface area contributed by atoms with Crippen molar-refractivity contribution < 1.29 is 32.7 Å². The molecule has 0 radical (unpaired) electrons. The van der Waals surface area contributed by atoms with Gasteiger partial charge in [-0.15, -0.1) is 0 Å². The van der Waals surface area contributed by atoms with Gasteiger partial charge < -0.3 is 20.6 Å². The van der Waals surface area contributed by atoms with E-state index in [2.05, 4.69) is 5.32 Å². The maximum atomic E-state index is 12.4. The monoisotopic (exact) mass is 387 g/mol. The van der Waals surface area contributed by atoms with Gasteiger partial charge in [0.1, 0.15) is 6.54 Å². The van der Waals surface area contributed by atoms with E-state index in [-0.39, 0.29) is 17.8 Å². The molecule has 3 N–H and O–H groups in total. The molecule has 148 valence electrons. The normalized spacial score (nSPS) is 17.3. The maximum absolute atomic E-state index is 12.4. The van der Waals surface area contributed by atoms with Crippen molar-refractivity contribution in [2.24, 2.45) is 5.92 Å². The van der Waals surface area contributed by atoms with E-state index in [4.69, 9.17) is 5.11 Å². The molecule has 1 aliphatic rings. The Bertz CT molecular complexity index is 737. The number of carbonyl (C=O) groups is 3. The number of alkyl halides is 3. The minimum atomic E-state index is -4.52. The fourth-order valence-electron chi connectivity index (χ4n) is 2.74. The second-order valence-electron chi connectivity index (χ2n) is 6.38. The summed E-state index contributed by atoms with van der Waals surface area (Å²) in [5.74, 6) is -2.51. The summed E-state index contributed by atoms with van der Waals surface area (Å²) in [5, 5.41) is 13.5. The number of nitrogens with zero attached hydrogens (tertiary/aromatic N) is 1. The van der Waals surface area contributed by atoms with Crippen molar-refractivity contribution in [3.8, 4) is 0 Å². The average molecular weight is 387 g/mol. The molecule has 7 nitrogen and oxygen atoms in total. The molecule has 3 amide bonds. The van der Waals surface area contributed by atoms with Crippen LogP contribution in [0, 0.1) is 12.8 Å². The summed E-state index contributed by atoms with van der Waals surface area (Å²) in [6.45, 7) is 0.696. The predicted octanol–water partition coefficient (Wildman–Crippen LogP) is 2.62. The Kier molecular flexibility index (Phi) is 6.29. The first-order valence-electron chi connectivity index (χ1n) is 8.31. The van der Waals surface area contributed by atoms with Crippen LogP contribution in [0.25, 0.3) is 0 Å². The third-order valence-corrected chi connectivity index (χ3v) is 4.25. The molecule has 1 aromatic rings. The van der Waals surface area contributed by atoms with Crippen LogP contribution in [0.5, 0.6) is 0 Å². The minimum absolute atomic E-state index is 0.0257. The predicted molar refractivity (Wildman–Crippen MR) is 90.5 cm³/mol. The van der Waals surface area contributed by atoms with Crippen LogP contribution < -0.4 is 10.6 Å². The van der Waals surface area contributed by atoms with Crippen LogP contribution in [0.4, 0.5) is 23.7 Å². The quantitative estimate of drug-likeness (QED) is 0.740. The van der Waals surface area contributed by atoms with Crippen molar-refractivity contribution in [3.63, 3.8) is 0 Å². The number of likely N-dealkylation sites (tertiary alicyclic amines) is 1. The smallest absolute Gasteiger partial charge is 0.405 e. The Morgan fingerprint density at radius 3 is 2.63 bits per heavy atom. The molecule has 0 aromatic heterocycles. The lowest BCUT2D eigenvalue weighted by Crippen LogP contribution is -2.44. The first kappa shape index (κ1) is 20.5. The average Bonchev–Trinajstić information content (AvgIpc) is 2.61. The number of rotatable bonds is 4. The van der Waals surface area contributed by atoms with E-state index < -0.39 is 36.5 Å². The van der Waals surface area contributed by atoms with Gasteiger partial charge >= 0.3 is 18.2 Å². The molecular formula is C17H20F3N3O4. The largest absolute Gasteiger partial charge is 0.481 e. The van der Waals surface area contributed by atoms with Crippen LogP contribution in [0.1, 0.15) is 28.8 Å². The summed E-state index contributed by atoms with van der Waals surface area (Å²) < 4.78 is 36.7. The molecule has 1 aromatic carbocycles. The van der Waals surface area contributed by atoms with E-state index in [0.29, 0.717) is 24.9 Å². The zero-order chi connectivity index (χ0) is 20.2. The van der Waals surface area contributed by atoms with E-state index in [1.54, 1.807) is 12.2 Å². The van der Waals surface area contributed by atoms with Crippen molar-refractivity contribution in [3.05, 3.63) is 29.3 Å². The lowest BCUT2D eigenvalue weighted by atomic mass is 9.99. The van der Waals surface area contributed by atoms with Gasteiger partial charge in [0.2, 0.25) is 0 Å². The first-order valence-corrected chi connectivity index (χ1v) is 8.31. The summed E-state index contributed by atoms with van der Waals surface area (Å²) in [6, 6.07) is 3.64. The van der Waals surface area contributed by atoms with Gasteiger partial charge in [0.15, 0.2) is 0 Å². The number of hydrogen-bond acceptors (Lipinski definition) is 3. The molecule has 1 heterocycles.